The number of carbonyl (C=O) groups excluding carboxylic acids is 1. The van der Waals surface area contributed by atoms with Crippen LogP contribution in [0.3, 0.4) is 0 Å². The largest absolute Gasteiger partial charge is 0.380 e. The van der Waals surface area contributed by atoms with Gasteiger partial charge in [0.2, 0.25) is 10.1 Å². The van der Waals surface area contributed by atoms with Gasteiger partial charge in [-0.3, -0.25) is 4.79 Å². The molecule has 2 N–H and O–H groups in total. The summed E-state index contributed by atoms with van der Waals surface area (Å²) in [6.07, 6.45) is 1.04. The molecule has 6 nitrogen and oxygen atoms in total. The molecule has 0 aromatic carbocycles. The lowest BCUT2D eigenvalue weighted by Crippen LogP contribution is -2.27. The van der Waals surface area contributed by atoms with Crippen molar-refractivity contribution >= 4 is 22.4 Å². The van der Waals surface area contributed by atoms with E-state index in [4.69, 9.17) is 4.74 Å². The Morgan fingerprint density at radius 2 is 2.16 bits per heavy atom. The number of anilines is 1. The van der Waals surface area contributed by atoms with E-state index in [1.54, 1.807) is 0 Å². The summed E-state index contributed by atoms with van der Waals surface area (Å²) < 4.78 is 5.41. The van der Waals surface area contributed by atoms with Crippen LogP contribution in [0.25, 0.3) is 0 Å². The zero-order valence-electron chi connectivity index (χ0n) is 11.7. The molecule has 0 aliphatic heterocycles. The third-order valence-electron chi connectivity index (χ3n) is 2.32. The third-order valence-corrected chi connectivity index (χ3v) is 3.20. The van der Waals surface area contributed by atoms with Gasteiger partial charge < -0.3 is 15.4 Å². The van der Waals surface area contributed by atoms with Crippen molar-refractivity contribution in [3.63, 3.8) is 0 Å². The summed E-state index contributed by atoms with van der Waals surface area (Å²) in [7, 11) is 0. The topological polar surface area (TPSA) is 76.1 Å². The summed E-state index contributed by atoms with van der Waals surface area (Å²) in [5.41, 5.74) is 0. The Kier molecular flexibility index (Phi) is 7.35. The number of nitrogens with zero attached hydrogens (tertiary/aromatic N) is 2. The van der Waals surface area contributed by atoms with Crippen LogP contribution in [-0.4, -0.2) is 42.4 Å². The third kappa shape index (κ3) is 6.49. The Balaban J connectivity index is 2.16. The van der Waals surface area contributed by atoms with Gasteiger partial charge in [-0.2, -0.15) is 0 Å². The summed E-state index contributed by atoms with van der Waals surface area (Å²) in [5, 5.41) is 14.5. The zero-order valence-corrected chi connectivity index (χ0v) is 12.5. The van der Waals surface area contributed by atoms with Crippen LogP contribution in [0.15, 0.2) is 0 Å². The normalized spacial score (nSPS) is 10.7. The number of hydrogen-bond donors (Lipinski definition) is 2. The number of ether oxygens (including phenoxy) is 1. The Morgan fingerprint density at radius 3 is 2.84 bits per heavy atom. The van der Waals surface area contributed by atoms with Crippen molar-refractivity contribution in [1.29, 1.82) is 0 Å². The SMILES string of the molecule is CCNc1nnc(C(=O)NCCOCCC(C)C)s1. The van der Waals surface area contributed by atoms with Gasteiger partial charge in [-0.05, 0) is 19.3 Å². The van der Waals surface area contributed by atoms with E-state index in [9.17, 15) is 4.79 Å². The number of carbonyl (C=O) groups is 1. The first-order chi connectivity index (χ1) is 9.13. The standard InChI is InChI=1S/C12H22N4O2S/c1-4-13-12-16-15-11(19-12)10(17)14-6-8-18-7-5-9(2)3/h9H,4-8H2,1-3H3,(H,13,16)(H,14,17). The molecule has 1 heterocycles. The Morgan fingerprint density at radius 1 is 1.37 bits per heavy atom. The molecule has 0 atom stereocenters. The molecular weight excluding hydrogens is 264 g/mol. The van der Waals surface area contributed by atoms with Crippen LogP contribution in [-0.2, 0) is 4.74 Å². The van der Waals surface area contributed by atoms with E-state index in [2.05, 4.69) is 34.7 Å². The Bertz CT molecular complexity index is 382. The maximum absolute atomic E-state index is 11.7. The minimum Gasteiger partial charge on any atom is -0.380 e. The van der Waals surface area contributed by atoms with Crippen molar-refractivity contribution < 1.29 is 9.53 Å². The smallest absolute Gasteiger partial charge is 0.282 e. The Hall–Kier alpha value is -1.21. The van der Waals surface area contributed by atoms with Gasteiger partial charge in [0.15, 0.2) is 0 Å². The van der Waals surface area contributed by atoms with Crippen LogP contribution in [0, 0.1) is 5.92 Å². The van der Waals surface area contributed by atoms with Gasteiger partial charge >= 0.3 is 0 Å². The lowest BCUT2D eigenvalue weighted by Gasteiger charge is -2.06. The maximum atomic E-state index is 11.7. The minimum absolute atomic E-state index is 0.200. The van der Waals surface area contributed by atoms with Crippen LogP contribution in [0.1, 0.15) is 37.0 Å². The predicted molar refractivity (Wildman–Crippen MR) is 76.7 cm³/mol. The molecule has 0 bridgehead atoms. The second kappa shape index (κ2) is 8.82. The summed E-state index contributed by atoms with van der Waals surface area (Å²) in [6.45, 7) is 8.79. The van der Waals surface area contributed by atoms with Gasteiger partial charge in [-0.15, -0.1) is 10.2 Å². The fourth-order valence-electron chi connectivity index (χ4n) is 1.27. The average Bonchev–Trinajstić information content (AvgIpc) is 2.82. The van der Waals surface area contributed by atoms with E-state index >= 15 is 0 Å². The van der Waals surface area contributed by atoms with Crippen LogP contribution < -0.4 is 10.6 Å². The molecule has 1 aromatic rings. The van der Waals surface area contributed by atoms with E-state index in [0.717, 1.165) is 19.6 Å². The van der Waals surface area contributed by atoms with Crippen LogP contribution in [0.2, 0.25) is 0 Å². The highest BCUT2D eigenvalue weighted by molar-refractivity contribution is 7.17. The first kappa shape index (κ1) is 15.8. The molecular formula is C12H22N4O2S. The minimum atomic E-state index is -0.200. The molecule has 0 aliphatic rings. The number of nitrogens with one attached hydrogen (secondary N) is 2. The van der Waals surface area contributed by atoms with E-state index in [-0.39, 0.29) is 5.91 Å². The average molecular weight is 286 g/mol. The van der Waals surface area contributed by atoms with Crippen LogP contribution >= 0.6 is 11.3 Å². The molecule has 0 aliphatic carbocycles. The number of aromatic nitrogens is 2. The number of hydrogen-bond acceptors (Lipinski definition) is 6. The Labute approximate surface area is 118 Å². The van der Waals surface area contributed by atoms with Crippen LogP contribution in [0.4, 0.5) is 5.13 Å². The lowest BCUT2D eigenvalue weighted by atomic mass is 10.1. The molecule has 1 aromatic heterocycles. The fraction of sp³-hybridized carbons (Fsp3) is 0.750. The van der Waals surface area contributed by atoms with Crippen molar-refractivity contribution in [3.05, 3.63) is 5.01 Å². The molecule has 0 saturated carbocycles. The van der Waals surface area contributed by atoms with E-state index in [0.29, 0.717) is 29.2 Å². The molecule has 0 spiro atoms. The monoisotopic (exact) mass is 286 g/mol. The zero-order chi connectivity index (χ0) is 14.1. The first-order valence-corrected chi connectivity index (χ1v) is 7.38. The molecule has 7 heteroatoms. The van der Waals surface area contributed by atoms with Gasteiger partial charge in [0.05, 0.1) is 6.61 Å². The molecule has 19 heavy (non-hydrogen) atoms. The molecule has 0 unspecified atom stereocenters. The molecule has 108 valence electrons. The fourth-order valence-corrected chi connectivity index (χ4v) is 2.00. The highest BCUT2D eigenvalue weighted by Crippen LogP contribution is 2.14. The van der Waals surface area contributed by atoms with E-state index < -0.39 is 0 Å². The van der Waals surface area contributed by atoms with Crippen molar-refractivity contribution in [2.75, 3.05) is 31.6 Å². The predicted octanol–water partition coefficient (Wildman–Crippen LogP) is 1.76. The highest BCUT2D eigenvalue weighted by atomic mass is 32.1. The van der Waals surface area contributed by atoms with Gasteiger partial charge in [0.1, 0.15) is 0 Å². The van der Waals surface area contributed by atoms with Crippen molar-refractivity contribution in [2.24, 2.45) is 5.92 Å². The van der Waals surface area contributed by atoms with Gasteiger partial charge in [0, 0.05) is 19.7 Å². The summed E-state index contributed by atoms with van der Waals surface area (Å²) in [6, 6.07) is 0. The van der Waals surface area contributed by atoms with Crippen molar-refractivity contribution in [3.8, 4) is 0 Å². The number of rotatable bonds is 9. The lowest BCUT2D eigenvalue weighted by molar-refractivity contribution is 0.0905. The molecule has 1 rings (SSSR count). The van der Waals surface area contributed by atoms with Gasteiger partial charge in [-0.25, -0.2) is 0 Å². The van der Waals surface area contributed by atoms with Gasteiger partial charge in [-0.1, -0.05) is 25.2 Å². The van der Waals surface area contributed by atoms with Crippen LogP contribution in [0.5, 0.6) is 0 Å². The maximum Gasteiger partial charge on any atom is 0.282 e. The molecule has 1 amide bonds. The van der Waals surface area contributed by atoms with Crippen molar-refractivity contribution in [2.45, 2.75) is 27.2 Å². The first-order valence-electron chi connectivity index (χ1n) is 6.56. The molecule has 0 radical (unpaired) electrons. The van der Waals surface area contributed by atoms with Gasteiger partial charge in [0.25, 0.3) is 5.91 Å². The van der Waals surface area contributed by atoms with E-state index in [1.807, 2.05) is 6.92 Å². The quantitative estimate of drug-likeness (QED) is 0.677. The second-order valence-electron chi connectivity index (χ2n) is 4.49. The van der Waals surface area contributed by atoms with E-state index in [1.165, 1.54) is 11.3 Å². The highest BCUT2D eigenvalue weighted by Gasteiger charge is 2.11. The second-order valence-corrected chi connectivity index (χ2v) is 5.47. The van der Waals surface area contributed by atoms with Crippen molar-refractivity contribution in [1.82, 2.24) is 15.5 Å². The summed E-state index contributed by atoms with van der Waals surface area (Å²) >= 11 is 1.25. The summed E-state index contributed by atoms with van der Waals surface area (Å²) in [4.78, 5) is 11.7. The summed E-state index contributed by atoms with van der Waals surface area (Å²) in [5.74, 6) is 0.439. The molecule has 0 fully saturated rings. The molecule has 0 saturated heterocycles. The number of amides is 1.